The standard InChI is InChI=1S/C12H22N2O2/c1-10-2-3-11(9-13)12(8-10)14(4-6-15)5-7-16/h10-12,15-16H,2-8H2,1H3. The van der Waals surface area contributed by atoms with Crippen molar-refractivity contribution in [2.24, 2.45) is 11.8 Å². The first-order valence-electron chi connectivity index (χ1n) is 6.08. The van der Waals surface area contributed by atoms with Crippen LogP contribution in [0.4, 0.5) is 0 Å². The predicted molar refractivity (Wildman–Crippen MR) is 61.7 cm³/mol. The normalized spacial score (nSPS) is 30.3. The smallest absolute Gasteiger partial charge is 0.0672 e. The molecule has 0 radical (unpaired) electrons. The number of nitrogens with zero attached hydrogens (tertiary/aromatic N) is 2. The van der Waals surface area contributed by atoms with Crippen molar-refractivity contribution in [2.75, 3.05) is 26.3 Å². The summed E-state index contributed by atoms with van der Waals surface area (Å²) in [5.41, 5.74) is 0. The van der Waals surface area contributed by atoms with Gasteiger partial charge in [-0.15, -0.1) is 0 Å². The number of hydrogen-bond donors (Lipinski definition) is 2. The monoisotopic (exact) mass is 226 g/mol. The number of nitriles is 1. The van der Waals surface area contributed by atoms with E-state index in [1.165, 1.54) is 0 Å². The van der Waals surface area contributed by atoms with E-state index < -0.39 is 0 Å². The van der Waals surface area contributed by atoms with Crippen LogP contribution < -0.4 is 0 Å². The van der Waals surface area contributed by atoms with Gasteiger partial charge in [0.1, 0.15) is 0 Å². The Morgan fingerprint density at radius 1 is 1.25 bits per heavy atom. The molecule has 3 unspecified atom stereocenters. The maximum Gasteiger partial charge on any atom is 0.0672 e. The van der Waals surface area contributed by atoms with Gasteiger partial charge in [0.05, 0.1) is 25.2 Å². The van der Waals surface area contributed by atoms with Crippen molar-refractivity contribution in [1.29, 1.82) is 5.26 Å². The van der Waals surface area contributed by atoms with Gasteiger partial charge in [-0.25, -0.2) is 0 Å². The molecule has 1 rings (SSSR count). The van der Waals surface area contributed by atoms with Gasteiger partial charge in [-0.3, -0.25) is 4.90 Å². The lowest BCUT2D eigenvalue weighted by Crippen LogP contribution is -2.46. The SMILES string of the molecule is CC1CCC(C#N)C(N(CCO)CCO)C1. The van der Waals surface area contributed by atoms with Gasteiger partial charge in [0.2, 0.25) is 0 Å². The molecule has 4 heteroatoms. The summed E-state index contributed by atoms with van der Waals surface area (Å²) in [6.07, 6.45) is 3.05. The van der Waals surface area contributed by atoms with E-state index in [2.05, 4.69) is 17.9 Å². The summed E-state index contributed by atoms with van der Waals surface area (Å²) < 4.78 is 0. The molecule has 0 amide bonds. The Morgan fingerprint density at radius 3 is 2.38 bits per heavy atom. The Kier molecular flexibility index (Phi) is 5.75. The molecular formula is C12H22N2O2. The van der Waals surface area contributed by atoms with Crippen LogP contribution in [0, 0.1) is 23.2 Å². The summed E-state index contributed by atoms with van der Waals surface area (Å²) in [5, 5.41) is 27.2. The van der Waals surface area contributed by atoms with Crippen LogP contribution in [0.15, 0.2) is 0 Å². The Balaban J connectivity index is 2.66. The minimum Gasteiger partial charge on any atom is -0.395 e. The third-order valence-corrected chi connectivity index (χ3v) is 3.49. The summed E-state index contributed by atoms with van der Waals surface area (Å²) in [6.45, 7) is 3.48. The first-order valence-corrected chi connectivity index (χ1v) is 6.08. The molecule has 92 valence electrons. The molecule has 4 nitrogen and oxygen atoms in total. The minimum absolute atomic E-state index is 0.0503. The van der Waals surface area contributed by atoms with Gasteiger partial charge in [0.15, 0.2) is 0 Å². The molecule has 0 spiro atoms. The topological polar surface area (TPSA) is 67.5 Å². The van der Waals surface area contributed by atoms with Gasteiger partial charge in [-0.2, -0.15) is 5.26 Å². The van der Waals surface area contributed by atoms with E-state index >= 15 is 0 Å². The predicted octanol–water partition coefficient (Wildman–Crippen LogP) is 0.601. The lowest BCUT2D eigenvalue weighted by atomic mass is 9.79. The Hall–Kier alpha value is -0.630. The highest BCUT2D eigenvalue weighted by atomic mass is 16.3. The average molecular weight is 226 g/mol. The summed E-state index contributed by atoms with van der Waals surface area (Å²) in [5.74, 6) is 0.684. The van der Waals surface area contributed by atoms with E-state index in [1.807, 2.05) is 0 Å². The van der Waals surface area contributed by atoms with Crippen LogP contribution in [0.25, 0.3) is 0 Å². The summed E-state index contributed by atoms with van der Waals surface area (Å²) in [4.78, 5) is 2.06. The van der Waals surface area contributed by atoms with Crippen LogP contribution in [-0.2, 0) is 0 Å². The van der Waals surface area contributed by atoms with E-state index in [0.29, 0.717) is 19.0 Å². The molecule has 0 saturated heterocycles. The first kappa shape index (κ1) is 13.4. The minimum atomic E-state index is 0.0503. The number of hydrogen-bond acceptors (Lipinski definition) is 4. The molecular weight excluding hydrogens is 204 g/mol. The lowest BCUT2D eigenvalue weighted by Gasteiger charge is -2.39. The van der Waals surface area contributed by atoms with Crippen molar-refractivity contribution in [1.82, 2.24) is 4.90 Å². The van der Waals surface area contributed by atoms with Crippen molar-refractivity contribution in [2.45, 2.75) is 32.2 Å². The first-order chi connectivity index (χ1) is 7.72. The second-order valence-corrected chi connectivity index (χ2v) is 4.70. The fourth-order valence-corrected chi connectivity index (χ4v) is 2.61. The summed E-state index contributed by atoms with van der Waals surface area (Å²) in [6, 6.07) is 2.57. The maximum absolute atomic E-state index is 9.13. The van der Waals surface area contributed by atoms with E-state index in [0.717, 1.165) is 19.3 Å². The number of rotatable bonds is 5. The van der Waals surface area contributed by atoms with E-state index in [9.17, 15) is 0 Å². The summed E-state index contributed by atoms with van der Waals surface area (Å²) >= 11 is 0. The Morgan fingerprint density at radius 2 is 1.88 bits per heavy atom. The Labute approximate surface area is 97.5 Å². The second kappa shape index (κ2) is 6.85. The zero-order chi connectivity index (χ0) is 12.0. The van der Waals surface area contributed by atoms with Gasteiger partial charge in [0.25, 0.3) is 0 Å². The molecule has 1 fully saturated rings. The van der Waals surface area contributed by atoms with Crippen LogP contribution in [0.3, 0.4) is 0 Å². The van der Waals surface area contributed by atoms with Gasteiger partial charge in [-0.05, 0) is 25.2 Å². The maximum atomic E-state index is 9.13. The molecule has 1 aliphatic carbocycles. The molecule has 0 bridgehead atoms. The quantitative estimate of drug-likeness (QED) is 0.720. The van der Waals surface area contributed by atoms with Gasteiger partial charge in [0, 0.05) is 19.1 Å². The van der Waals surface area contributed by atoms with E-state index in [1.54, 1.807) is 0 Å². The Bertz CT molecular complexity index is 234. The molecule has 1 aliphatic rings. The van der Waals surface area contributed by atoms with Gasteiger partial charge >= 0.3 is 0 Å². The lowest BCUT2D eigenvalue weighted by molar-refractivity contribution is 0.0694. The summed E-state index contributed by atoms with van der Waals surface area (Å²) in [7, 11) is 0. The highest BCUT2D eigenvalue weighted by Crippen LogP contribution is 2.31. The molecule has 1 saturated carbocycles. The molecule has 0 aromatic heterocycles. The molecule has 0 aliphatic heterocycles. The fourth-order valence-electron chi connectivity index (χ4n) is 2.61. The van der Waals surface area contributed by atoms with Crippen LogP contribution in [0.2, 0.25) is 0 Å². The van der Waals surface area contributed by atoms with Crippen LogP contribution >= 0.6 is 0 Å². The fraction of sp³-hybridized carbons (Fsp3) is 0.917. The van der Waals surface area contributed by atoms with E-state index in [-0.39, 0.29) is 25.2 Å². The second-order valence-electron chi connectivity index (χ2n) is 4.70. The molecule has 0 heterocycles. The number of aliphatic hydroxyl groups is 2. The van der Waals surface area contributed by atoms with Gasteiger partial charge in [-0.1, -0.05) is 6.92 Å². The third-order valence-electron chi connectivity index (χ3n) is 3.49. The van der Waals surface area contributed by atoms with Crippen LogP contribution in [-0.4, -0.2) is 47.5 Å². The number of aliphatic hydroxyl groups excluding tert-OH is 2. The van der Waals surface area contributed by atoms with Crippen molar-refractivity contribution in [3.63, 3.8) is 0 Å². The van der Waals surface area contributed by atoms with Crippen LogP contribution in [0.5, 0.6) is 0 Å². The molecule has 3 atom stereocenters. The molecule has 16 heavy (non-hydrogen) atoms. The zero-order valence-electron chi connectivity index (χ0n) is 9.97. The highest BCUT2D eigenvalue weighted by Gasteiger charge is 2.32. The average Bonchev–Trinajstić information content (AvgIpc) is 2.29. The van der Waals surface area contributed by atoms with Crippen LogP contribution in [0.1, 0.15) is 26.2 Å². The third kappa shape index (κ3) is 3.44. The van der Waals surface area contributed by atoms with Crippen molar-refractivity contribution < 1.29 is 10.2 Å². The molecule has 2 N–H and O–H groups in total. The largest absolute Gasteiger partial charge is 0.395 e. The molecule has 0 aromatic carbocycles. The van der Waals surface area contributed by atoms with Gasteiger partial charge < -0.3 is 10.2 Å². The van der Waals surface area contributed by atoms with Crippen molar-refractivity contribution in [3.05, 3.63) is 0 Å². The molecule has 0 aromatic rings. The zero-order valence-corrected chi connectivity index (χ0v) is 9.97. The van der Waals surface area contributed by atoms with Crippen molar-refractivity contribution >= 4 is 0 Å². The van der Waals surface area contributed by atoms with Crippen molar-refractivity contribution in [3.8, 4) is 6.07 Å². The van der Waals surface area contributed by atoms with E-state index in [4.69, 9.17) is 15.5 Å². The highest BCUT2D eigenvalue weighted by molar-refractivity contribution is 4.97.